The van der Waals surface area contributed by atoms with E-state index in [0.29, 0.717) is 12.1 Å². The maximum atomic E-state index is 12.4. The molecule has 1 heterocycles. The summed E-state index contributed by atoms with van der Waals surface area (Å²) in [5.41, 5.74) is 5.90. The van der Waals surface area contributed by atoms with Gasteiger partial charge >= 0.3 is 0 Å². The molecule has 3 nitrogen and oxygen atoms in total. The van der Waals surface area contributed by atoms with Gasteiger partial charge in [-0.05, 0) is 38.5 Å². The fraction of sp³-hybridized carbons (Fsp3) is 0.923. The first-order valence-electron chi connectivity index (χ1n) is 6.33. The maximum Gasteiger partial charge on any atom is 0.240 e. The lowest BCUT2D eigenvalue weighted by Crippen LogP contribution is -2.56. The number of rotatable bonds is 1. The molecule has 0 aromatic heterocycles. The predicted molar refractivity (Wildman–Crippen MR) is 67.1 cm³/mol. The first-order chi connectivity index (χ1) is 7.25. The number of nitrogens with two attached hydrogens (primary N) is 1. The molecule has 1 amide bonds. The van der Waals surface area contributed by atoms with Gasteiger partial charge in [-0.1, -0.05) is 20.8 Å². The molecule has 1 rings (SSSR count). The molecule has 0 aliphatic carbocycles. The predicted octanol–water partition coefficient (Wildman–Crippen LogP) is 2.15. The average Bonchev–Trinajstić information content (AvgIpc) is 2.14. The second-order valence-electron chi connectivity index (χ2n) is 6.22. The van der Waals surface area contributed by atoms with Gasteiger partial charge in [0.2, 0.25) is 5.91 Å². The summed E-state index contributed by atoms with van der Waals surface area (Å²) in [6.07, 6.45) is 3.43. The van der Waals surface area contributed by atoms with Gasteiger partial charge in [0.05, 0.1) is 6.04 Å². The van der Waals surface area contributed by atoms with Crippen LogP contribution in [0.15, 0.2) is 0 Å². The maximum absolute atomic E-state index is 12.4. The zero-order valence-corrected chi connectivity index (χ0v) is 11.3. The Labute approximate surface area is 99.4 Å². The highest BCUT2D eigenvalue weighted by molar-refractivity contribution is 5.83. The molecular weight excluding hydrogens is 200 g/mol. The Morgan fingerprint density at radius 3 is 2.06 bits per heavy atom. The summed E-state index contributed by atoms with van der Waals surface area (Å²) < 4.78 is 0. The Morgan fingerprint density at radius 1 is 1.25 bits per heavy atom. The van der Waals surface area contributed by atoms with Gasteiger partial charge in [-0.2, -0.15) is 0 Å². The van der Waals surface area contributed by atoms with Crippen molar-refractivity contribution >= 4 is 5.91 Å². The van der Waals surface area contributed by atoms with E-state index >= 15 is 0 Å². The van der Waals surface area contributed by atoms with E-state index in [4.69, 9.17) is 5.73 Å². The van der Waals surface area contributed by atoms with Gasteiger partial charge in [-0.15, -0.1) is 0 Å². The number of likely N-dealkylation sites (tertiary alicyclic amines) is 1. The van der Waals surface area contributed by atoms with Crippen LogP contribution in [0.25, 0.3) is 0 Å². The summed E-state index contributed by atoms with van der Waals surface area (Å²) in [6.45, 7) is 10.3. The van der Waals surface area contributed by atoms with E-state index in [1.807, 2.05) is 25.7 Å². The van der Waals surface area contributed by atoms with Gasteiger partial charge in [-0.3, -0.25) is 4.79 Å². The molecule has 0 spiro atoms. The molecule has 1 aliphatic rings. The lowest BCUT2D eigenvalue weighted by atomic mass is 9.85. The van der Waals surface area contributed by atoms with Crippen LogP contribution in [0, 0.1) is 5.41 Å². The summed E-state index contributed by atoms with van der Waals surface area (Å²) in [5, 5.41) is 0. The number of nitrogens with zero attached hydrogens (tertiary/aromatic N) is 1. The average molecular weight is 226 g/mol. The van der Waals surface area contributed by atoms with Gasteiger partial charge in [0.15, 0.2) is 0 Å². The molecule has 0 bridgehead atoms. The van der Waals surface area contributed by atoms with Crippen molar-refractivity contribution in [3.8, 4) is 0 Å². The number of hydrogen-bond acceptors (Lipinski definition) is 2. The van der Waals surface area contributed by atoms with E-state index in [-0.39, 0.29) is 11.3 Å². The highest BCUT2D eigenvalue weighted by atomic mass is 16.2. The SMILES string of the molecule is C[C@@H]1CCC[C@H](C)N1C(=O)[C@@H](N)C(C)(C)C. The highest BCUT2D eigenvalue weighted by Crippen LogP contribution is 2.26. The number of piperidine rings is 1. The number of carbonyl (C=O) groups excluding carboxylic acids is 1. The Bertz CT molecular complexity index is 247. The van der Waals surface area contributed by atoms with Crippen LogP contribution < -0.4 is 5.73 Å². The van der Waals surface area contributed by atoms with E-state index in [1.54, 1.807) is 0 Å². The van der Waals surface area contributed by atoms with E-state index in [9.17, 15) is 4.79 Å². The topological polar surface area (TPSA) is 46.3 Å². The number of amides is 1. The van der Waals surface area contributed by atoms with Crippen molar-refractivity contribution in [1.29, 1.82) is 0 Å². The van der Waals surface area contributed by atoms with Crippen molar-refractivity contribution in [3.63, 3.8) is 0 Å². The van der Waals surface area contributed by atoms with Crippen molar-refractivity contribution in [2.75, 3.05) is 0 Å². The second kappa shape index (κ2) is 4.74. The molecule has 16 heavy (non-hydrogen) atoms. The minimum absolute atomic E-state index is 0.118. The van der Waals surface area contributed by atoms with Gasteiger partial charge in [0.1, 0.15) is 0 Å². The van der Waals surface area contributed by atoms with Crippen molar-refractivity contribution in [2.24, 2.45) is 11.1 Å². The van der Waals surface area contributed by atoms with Crippen molar-refractivity contribution in [2.45, 2.75) is 72.0 Å². The summed E-state index contributed by atoms with van der Waals surface area (Å²) in [6, 6.07) is 0.282. The van der Waals surface area contributed by atoms with Crippen LogP contribution in [0.2, 0.25) is 0 Å². The van der Waals surface area contributed by atoms with Crippen LogP contribution in [0.5, 0.6) is 0 Å². The summed E-state index contributed by atoms with van der Waals surface area (Å²) >= 11 is 0. The third kappa shape index (κ3) is 2.76. The standard InChI is InChI=1S/C13H26N2O/c1-9-7-6-8-10(2)15(9)12(16)11(14)13(3,4)5/h9-11H,6-8,14H2,1-5H3/t9-,10+,11-/m1/s1. The Morgan fingerprint density at radius 2 is 1.69 bits per heavy atom. The first-order valence-corrected chi connectivity index (χ1v) is 6.33. The summed E-state index contributed by atoms with van der Waals surface area (Å²) in [4.78, 5) is 14.4. The molecule has 0 saturated carbocycles. The normalized spacial score (nSPS) is 29.0. The van der Waals surface area contributed by atoms with Gasteiger partial charge < -0.3 is 10.6 Å². The highest BCUT2D eigenvalue weighted by Gasteiger charge is 2.36. The second-order valence-corrected chi connectivity index (χ2v) is 6.22. The number of hydrogen-bond donors (Lipinski definition) is 1. The molecular formula is C13H26N2O. The van der Waals surface area contributed by atoms with Crippen LogP contribution in [0.4, 0.5) is 0 Å². The molecule has 1 fully saturated rings. The molecule has 3 atom stereocenters. The molecule has 2 N–H and O–H groups in total. The van der Waals surface area contributed by atoms with E-state index < -0.39 is 6.04 Å². The fourth-order valence-corrected chi connectivity index (χ4v) is 2.39. The molecule has 0 radical (unpaired) electrons. The van der Waals surface area contributed by atoms with Crippen molar-refractivity contribution in [3.05, 3.63) is 0 Å². The van der Waals surface area contributed by atoms with Crippen molar-refractivity contribution in [1.82, 2.24) is 4.90 Å². The minimum Gasteiger partial charge on any atom is -0.336 e. The minimum atomic E-state index is -0.393. The van der Waals surface area contributed by atoms with Crippen molar-refractivity contribution < 1.29 is 4.79 Å². The lowest BCUT2D eigenvalue weighted by molar-refractivity contribution is -0.141. The summed E-state index contributed by atoms with van der Waals surface area (Å²) in [5.74, 6) is 0.118. The zero-order chi connectivity index (χ0) is 12.5. The van der Waals surface area contributed by atoms with E-state index in [2.05, 4.69) is 13.8 Å². The van der Waals surface area contributed by atoms with E-state index in [0.717, 1.165) is 12.8 Å². The molecule has 1 saturated heterocycles. The smallest absolute Gasteiger partial charge is 0.240 e. The van der Waals surface area contributed by atoms with Crippen LogP contribution in [-0.4, -0.2) is 28.9 Å². The third-order valence-electron chi connectivity index (χ3n) is 3.65. The number of carbonyl (C=O) groups is 1. The van der Waals surface area contributed by atoms with Crippen LogP contribution in [0.1, 0.15) is 53.9 Å². The molecule has 0 unspecified atom stereocenters. The molecule has 0 aromatic carbocycles. The third-order valence-corrected chi connectivity index (χ3v) is 3.65. The van der Waals surface area contributed by atoms with Crippen LogP contribution in [-0.2, 0) is 4.79 Å². The van der Waals surface area contributed by atoms with E-state index in [1.165, 1.54) is 6.42 Å². The first kappa shape index (κ1) is 13.5. The summed E-state index contributed by atoms with van der Waals surface area (Å²) in [7, 11) is 0. The fourth-order valence-electron chi connectivity index (χ4n) is 2.39. The lowest BCUT2D eigenvalue weighted by Gasteiger charge is -2.42. The molecule has 1 aliphatic heterocycles. The van der Waals surface area contributed by atoms with Crippen LogP contribution in [0.3, 0.4) is 0 Å². The van der Waals surface area contributed by atoms with Gasteiger partial charge in [-0.25, -0.2) is 0 Å². The molecule has 94 valence electrons. The Kier molecular flexibility index (Phi) is 4.00. The molecule has 3 heteroatoms. The Hall–Kier alpha value is -0.570. The molecule has 0 aromatic rings. The largest absolute Gasteiger partial charge is 0.336 e. The Balaban J connectivity index is 2.79. The van der Waals surface area contributed by atoms with Crippen LogP contribution >= 0.6 is 0 Å². The van der Waals surface area contributed by atoms with Gasteiger partial charge in [0, 0.05) is 12.1 Å². The van der Waals surface area contributed by atoms with Gasteiger partial charge in [0.25, 0.3) is 0 Å². The zero-order valence-electron chi connectivity index (χ0n) is 11.3. The quantitative estimate of drug-likeness (QED) is 0.744. The monoisotopic (exact) mass is 226 g/mol.